The normalized spacial score (nSPS) is 19.7. The van der Waals surface area contributed by atoms with Gasteiger partial charge in [-0.05, 0) is 30.9 Å². The third kappa shape index (κ3) is 2.73. The molecular formula is C8H14O2S. The zero-order valence-corrected chi connectivity index (χ0v) is 7.56. The van der Waals surface area contributed by atoms with Crippen molar-refractivity contribution in [3.05, 3.63) is 0 Å². The van der Waals surface area contributed by atoms with Gasteiger partial charge in [-0.25, -0.2) is 0 Å². The van der Waals surface area contributed by atoms with Crippen LogP contribution in [0.25, 0.3) is 0 Å². The molecule has 0 radical (unpaired) electrons. The minimum atomic E-state index is -0.619. The van der Waals surface area contributed by atoms with Gasteiger partial charge in [0.15, 0.2) is 0 Å². The molecule has 0 aliphatic heterocycles. The van der Waals surface area contributed by atoms with Crippen LogP contribution in [0.5, 0.6) is 0 Å². The van der Waals surface area contributed by atoms with E-state index in [0.29, 0.717) is 5.92 Å². The van der Waals surface area contributed by atoms with Gasteiger partial charge in [-0.1, -0.05) is 6.92 Å². The molecule has 1 aliphatic carbocycles. The molecule has 3 heteroatoms. The molecule has 0 spiro atoms. The Labute approximate surface area is 71.4 Å². The summed E-state index contributed by atoms with van der Waals surface area (Å²) in [5.41, 5.74) is 0. The van der Waals surface area contributed by atoms with Crippen LogP contribution in [-0.4, -0.2) is 22.1 Å². The second-order valence-electron chi connectivity index (χ2n) is 2.97. The van der Waals surface area contributed by atoms with Crippen LogP contribution in [0.1, 0.15) is 26.2 Å². The summed E-state index contributed by atoms with van der Waals surface area (Å²) in [6.07, 6.45) is 3.31. The fourth-order valence-corrected chi connectivity index (χ4v) is 2.23. The van der Waals surface area contributed by atoms with Crippen LogP contribution < -0.4 is 0 Å². The monoisotopic (exact) mass is 174 g/mol. The molecule has 2 nitrogen and oxygen atoms in total. The Morgan fingerprint density at radius 2 is 2.36 bits per heavy atom. The predicted molar refractivity (Wildman–Crippen MR) is 46.9 cm³/mol. The first-order valence-corrected chi connectivity index (χ1v) is 5.15. The molecule has 1 atom stereocenters. The summed E-state index contributed by atoms with van der Waals surface area (Å²) in [5.74, 6) is 0.836. The van der Waals surface area contributed by atoms with Gasteiger partial charge in [-0.3, -0.25) is 4.79 Å². The number of aliphatic carboxylic acids is 1. The minimum absolute atomic E-state index is 0.116. The number of thioether (sulfide) groups is 1. The Bertz CT molecular complexity index is 143. The van der Waals surface area contributed by atoms with E-state index in [2.05, 4.69) is 6.92 Å². The quantitative estimate of drug-likeness (QED) is 0.692. The molecule has 0 aromatic heterocycles. The maximum atomic E-state index is 10.7. The van der Waals surface area contributed by atoms with Crippen LogP contribution in [-0.2, 0) is 4.79 Å². The lowest BCUT2D eigenvalue weighted by Gasteiger charge is -2.08. The molecule has 1 aliphatic rings. The number of carboxylic acids is 1. The van der Waals surface area contributed by atoms with Crippen LogP contribution in [0, 0.1) is 5.92 Å². The van der Waals surface area contributed by atoms with Crippen molar-refractivity contribution in [2.45, 2.75) is 31.4 Å². The van der Waals surface area contributed by atoms with Crippen LogP contribution in [0.3, 0.4) is 0 Å². The average molecular weight is 174 g/mol. The van der Waals surface area contributed by atoms with E-state index in [1.165, 1.54) is 0 Å². The molecule has 0 heterocycles. The molecule has 0 amide bonds. The van der Waals surface area contributed by atoms with Crippen LogP contribution >= 0.6 is 11.8 Å². The zero-order chi connectivity index (χ0) is 8.27. The van der Waals surface area contributed by atoms with E-state index < -0.39 is 5.97 Å². The molecule has 64 valence electrons. The predicted octanol–water partition coefficient (Wildman–Crippen LogP) is 1.99. The zero-order valence-electron chi connectivity index (χ0n) is 6.75. The highest BCUT2D eigenvalue weighted by molar-refractivity contribution is 8.00. The van der Waals surface area contributed by atoms with Gasteiger partial charge in [0.05, 0.1) is 0 Å². The number of hydrogen-bond acceptors (Lipinski definition) is 2. The summed E-state index contributed by atoms with van der Waals surface area (Å²) in [7, 11) is 0. The van der Waals surface area contributed by atoms with Gasteiger partial charge < -0.3 is 5.11 Å². The lowest BCUT2D eigenvalue weighted by Crippen LogP contribution is -2.18. The first-order chi connectivity index (χ1) is 5.25. The highest BCUT2D eigenvalue weighted by Crippen LogP contribution is 2.39. The molecule has 0 saturated heterocycles. The van der Waals surface area contributed by atoms with Crippen molar-refractivity contribution in [2.75, 3.05) is 5.75 Å². The van der Waals surface area contributed by atoms with Crippen molar-refractivity contribution in [2.24, 2.45) is 5.92 Å². The standard InChI is InChI=1S/C8H14O2S/c1-2-5-11-7(8(9)10)6-3-4-6/h6-7H,2-5H2,1H3,(H,9,10). The van der Waals surface area contributed by atoms with E-state index in [0.717, 1.165) is 25.0 Å². The molecule has 0 aromatic rings. The van der Waals surface area contributed by atoms with E-state index in [1.807, 2.05) is 0 Å². The molecule has 1 N–H and O–H groups in total. The Morgan fingerprint density at radius 3 is 2.73 bits per heavy atom. The second kappa shape index (κ2) is 4.00. The van der Waals surface area contributed by atoms with Gasteiger partial charge in [0.25, 0.3) is 0 Å². The Hall–Kier alpha value is -0.180. The topological polar surface area (TPSA) is 37.3 Å². The lowest BCUT2D eigenvalue weighted by atomic mass is 10.3. The van der Waals surface area contributed by atoms with Gasteiger partial charge >= 0.3 is 5.97 Å². The number of hydrogen-bond donors (Lipinski definition) is 1. The van der Waals surface area contributed by atoms with Crippen molar-refractivity contribution < 1.29 is 9.90 Å². The molecule has 0 aromatic carbocycles. The fraction of sp³-hybridized carbons (Fsp3) is 0.875. The maximum absolute atomic E-state index is 10.7. The summed E-state index contributed by atoms with van der Waals surface area (Å²) in [4.78, 5) is 10.7. The third-order valence-electron chi connectivity index (χ3n) is 1.80. The fourth-order valence-electron chi connectivity index (χ4n) is 1.05. The summed E-state index contributed by atoms with van der Waals surface area (Å²) < 4.78 is 0. The summed E-state index contributed by atoms with van der Waals surface area (Å²) in [6, 6.07) is 0. The van der Waals surface area contributed by atoms with Gasteiger partial charge in [-0.15, -0.1) is 11.8 Å². The Balaban J connectivity index is 2.26. The maximum Gasteiger partial charge on any atom is 0.316 e. The second-order valence-corrected chi connectivity index (χ2v) is 4.22. The van der Waals surface area contributed by atoms with Crippen molar-refractivity contribution in [1.29, 1.82) is 0 Å². The summed E-state index contributed by atoms with van der Waals surface area (Å²) in [5, 5.41) is 8.67. The molecular weight excluding hydrogens is 160 g/mol. The molecule has 0 bridgehead atoms. The molecule has 1 unspecified atom stereocenters. The van der Waals surface area contributed by atoms with Crippen LogP contribution in [0.15, 0.2) is 0 Å². The third-order valence-corrected chi connectivity index (χ3v) is 3.38. The highest BCUT2D eigenvalue weighted by atomic mass is 32.2. The Morgan fingerprint density at radius 1 is 1.73 bits per heavy atom. The number of carbonyl (C=O) groups is 1. The lowest BCUT2D eigenvalue weighted by molar-refractivity contribution is -0.136. The van der Waals surface area contributed by atoms with Crippen LogP contribution in [0.2, 0.25) is 0 Å². The first-order valence-electron chi connectivity index (χ1n) is 4.10. The van der Waals surface area contributed by atoms with Crippen LogP contribution in [0.4, 0.5) is 0 Å². The molecule has 1 rings (SSSR count). The van der Waals surface area contributed by atoms with Gasteiger partial charge in [0.1, 0.15) is 5.25 Å². The van der Waals surface area contributed by atoms with Crippen molar-refractivity contribution in [3.8, 4) is 0 Å². The van der Waals surface area contributed by atoms with Crippen molar-refractivity contribution in [1.82, 2.24) is 0 Å². The van der Waals surface area contributed by atoms with E-state index >= 15 is 0 Å². The van der Waals surface area contributed by atoms with Crippen molar-refractivity contribution >= 4 is 17.7 Å². The van der Waals surface area contributed by atoms with E-state index in [9.17, 15) is 4.79 Å². The minimum Gasteiger partial charge on any atom is -0.480 e. The van der Waals surface area contributed by atoms with E-state index in [4.69, 9.17) is 5.11 Å². The van der Waals surface area contributed by atoms with Crippen molar-refractivity contribution in [3.63, 3.8) is 0 Å². The largest absolute Gasteiger partial charge is 0.480 e. The number of rotatable bonds is 5. The summed E-state index contributed by atoms with van der Waals surface area (Å²) in [6.45, 7) is 2.08. The van der Waals surface area contributed by atoms with Gasteiger partial charge in [0.2, 0.25) is 0 Å². The molecule has 11 heavy (non-hydrogen) atoms. The summed E-state index contributed by atoms with van der Waals surface area (Å²) >= 11 is 1.60. The number of carboxylic acid groups (broad SMARTS) is 1. The average Bonchev–Trinajstić information content (AvgIpc) is 2.71. The van der Waals surface area contributed by atoms with Gasteiger partial charge in [0, 0.05) is 0 Å². The Kier molecular flexibility index (Phi) is 3.24. The smallest absolute Gasteiger partial charge is 0.316 e. The first kappa shape index (κ1) is 8.91. The highest BCUT2D eigenvalue weighted by Gasteiger charge is 2.36. The molecule has 1 fully saturated rings. The van der Waals surface area contributed by atoms with Gasteiger partial charge in [-0.2, -0.15) is 0 Å². The SMILES string of the molecule is CCCSC(C(=O)O)C1CC1. The van der Waals surface area contributed by atoms with E-state index in [-0.39, 0.29) is 5.25 Å². The van der Waals surface area contributed by atoms with E-state index in [1.54, 1.807) is 11.8 Å². The molecule has 1 saturated carbocycles.